The summed E-state index contributed by atoms with van der Waals surface area (Å²) in [5.41, 5.74) is 0. The van der Waals surface area contributed by atoms with Crippen LogP contribution in [0.1, 0.15) is 343 Å². The van der Waals surface area contributed by atoms with Gasteiger partial charge in [-0.2, -0.15) is 0 Å². The van der Waals surface area contributed by atoms with Crippen molar-refractivity contribution >= 4 is 39.5 Å². The van der Waals surface area contributed by atoms with Crippen molar-refractivity contribution in [1.29, 1.82) is 0 Å². The van der Waals surface area contributed by atoms with Crippen molar-refractivity contribution in [3.8, 4) is 0 Å². The lowest BCUT2D eigenvalue weighted by Crippen LogP contribution is -2.30. The highest BCUT2D eigenvalue weighted by molar-refractivity contribution is 7.47. The van der Waals surface area contributed by atoms with Crippen LogP contribution in [-0.2, 0) is 65.4 Å². The molecule has 2 unspecified atom stereocenters. The Balaban J connectivity index is 5.17. The number of phosphoric ester groups is 2. The quantitative estimate of drug-likeness (QED) is 0.0222. The summed E-state index contributed by atoms with van der Waals surface area (Å²) in [5.74, 6) is -1.46. The summed E-state index contributed by atoms with van der Waals surface area (Å²) < 4.78 is 68.0. The number of aliphatic hydroxyl groups is 1. The Morgan fingerprint density at radius 2 is 0.535 bits per heavy atom. The minimum Gasteiger partial charge on any atom is -0.462 e. The summed E-state index contributed by atoms with van der Waals surface area (Å²) in [4.78, 5) is 72.2. The van der Waals surface area contributed by atoms with E-state index >= 15 is 0 Å². The third kappa shape index (κ3) is 60.9. The van der Waals surface area contributed by atoms with Gasteiger partial charge in [-0.25, -0.2) is 9.13 Å². The van der Waals surface area contributed by atoms with Crippen LogP contribution in [0.25, 0.3) is 0 Å². The van der Waals surface area contributed by atoms with Crippen molar-refractivity contribution in [1.82, 2.24) is 0 Å². The highest BCUT2D eigenvalue weighted by atomic mass is 31.2. The zero-order valence-electron chi connectivity index (χ0n) is 55.4. The smallest absolute Gasteiger partial charge is 0.462 e. The number of carbonyl (C=O) groups excluding carboxylic acids is 4. The second kappa shape index (κ2) is 60.6. The molecule has 0 aliphatic heterocycles. The number of phosphoric acid groups is 2. The molecule has 3 N–H and O–H groups in total. The van der Waals surface area contributed by atoms with E-state index in [0.29, 0.717) is 31.6 Å². The van der Waals surface area contributed by atoms with Crippen LogP contribution in [-0.4, -0.2) is 96.7 Å². The fourth-order valence-electron chi connectivity index (χ4n) is 10.1. The van der Waals surface area contributed by atoms with Crippen LogP contribution in [0, 0.1) is 5.92 Å². The van der Waals surface area contributed by atoms with Crippen molar-refractivity contribution in [3.05, 3.63) is 0 Å². The molecule has 510 valence electrons. The van der Waals surface area contributed by atoms with Crippen LogP contribution in [0.3, 0.4) is 0 Å². The molecule has 0 aliphatic rings. The summed E-state index contributed by atoms with van der Waals surface area (Å²) in [6.07, 6.45) is 46.0. The van der Waals surface area contributed by atoms with Crippen molar-refractivity contribution in [3.63, 3.8) is 0 Å². The average molecular weight is 1270 g/mol. The Morgan fingerprint density at radius 1 is 0.314 bits per heavy atom. The summed E-state index contributed by atoms with van der Waals surface area (Å²) in [7, 11) is -9.89. The molecular formula is C67H130O17P2. The van der Waals surface area contributed by atoms with Gasteiger partial charge < -0.3 is 33.8 Å². The second-order valence-electron chi connectivity index (χ2n) is 24.7. The Morgan fingerprint density at radius 3 is 0.791 bits per heavy atom. The third-order valence-corrected chi connectivity index (χ3v) is 17.4. The van der Waals surface area contributed by atoms with Crippen molar-refractivity contribution in [2.75, 3.05) is 39.6 Å². The van der Waals surface area contributed by atoms with E-state index in [9.17, 15) is 43.2 Å². The van der Waals surface area contributed by atoms with Crippen LogP contribution < -0.4 is 0 Å². The van der Waals surface area contributed by atoms with E-state index in [4.69, 9.17) is 37.0 Å². The minimum absolute atomic E-state index is 0.102. The highest BCUT2D eigenvalue weighted by Crippen LogP contribution is 2.45. The molecule has 0 heterocycles. The molecule has 17 nitrogen and oxygen atoms in total. The molecule has 0 radical (unpaired) electrons. The van der Waals surface area contributed by atoms with Gasteiger partial charge in [0.2, 0.25) is 0 Å². The summed E-state index contributed by atoms with van der Waals surface area (Å²) in [6.45, 7) is 7.11. The largest absolute Gasteiger partial charge is 0.472 e. The van der Waals surface area contributed by atoms with E-state index < -0.39 is 97.5 Å². The lowest BCUT2D eigenvalue weighted by Gasteiger charge is -2.21. The maximum Gasteiger partial charge on any atom is 0.472 e. The number of rotatable bonds is 67. The average Bonchev–Trinajstić information content (AvgIpc) is 3.63. The molecule has 0 aromatic heterocycles. The van der Waals surface area contributed by atoms with Crippen LogP contribution in [0.5, 0.6) is 0 Å². The molecule has 0 aromatic carbocycles. The predicted octanol–water partition coefficient (Wildman–Crippen LogP) is 19.0. The molecule has 0 fully saturated rings. The highest BCUT2D eigenvalue weighted by Gasteiger charge is 2.30. The van der Waals surface area contributed by atoms with Gasteiger partial charge in [0.05, 0.1) is 26.4 Å². The first-order valence-corrected chi connectivity index (χ1v) is 38.1. The first kappa shape index (κ1) is 84.1. The predicted molar refractivity (Wildman–Crippen MR) is 345 cm³/mol. The molecule has 0 saturated carbocycles. The molecule has 0 aliphatic carbocycles. The van der Waals surface area contributed by atoms with E-state index in [-0.39, 0.29) is 25.7 Å². The fourth-order valence-corrected chi connectivity index (χ4v) is 11.7. The number of esters is 4. The first-order valence-electron chi connectivity index (χ1n) is 35.1. The molecule has 19 heteroatoms. The number of hydrogen-bond donors (Lipinski definition) is 3. The van der Waals surface area contributed by atoms with Gasteiger partial charge in [-0.05, 0) is 31.6 Å². The molecule has 0 amide bonds. The Hall–Kier alpha value is -1.94. The SMILES string of the molecule is CCCCCCCCCCCCCCCCCCCCC(=O)O[C@H](COC(=O)CCCCCCCCCCCC)COP(=O)(O)OC[C@@H](O)COP(=O)(O)OC[C@@H](COC(=O)CCCCCCCCCCC)OC(=O)CCCCCCCCC(C)C. The number of carbonyl (C=O) groups is 4. The first-order chi connectivity index (χ1) is 41.5. The topological polar surface area (TPSA) is 237 Å². The lowest BCUT2D eigenvalue weighted by atomic mass is 10.0. The molecule has 0 spiro atoms. The number of aliphatic hydroxyl groups excluding tert-OH is 1. The monoisotopic (exact) mass is 1270 g/mol. The molecule has 0 saturated heterocycles. The van der Waals surface area contributed by atoms with Crippen molar-refractivity contribution < 1.29 is 80.2 Å². The minimum atomic E-state index is -4.95. The van der Waals surface area contributed by atoms with Gasteiger partial charge in [0.1, 0.15) is 19.3 Å². The summed E-state index contributed by atoms with van der Waals surface area (Å²) >= 11 is 0. The van der Waals surface area contributed by atoms with E-state index in [1.807, 2.05) is 0 Å². The molecule has 0 rings (SSSR count). The number of ether oxygens (including phenoxy) is 4. The number of hydrogen-bond acceptors (Lipinski definition) is 15. The van der Waals surface area contributed by atoms with Crippen molar-refractivity contribution in [2.45, 2.75) is 361 Å². The fraction of sp³-hybridized carbons (Fsp3) is 0.940. The zero-order valence-corrected chi connectivity index (χ0v) is 57.2. The summed E-state index contributed by atoms with van der Waals surface area (Å²) in [6, 6.07) is 0. The van der Waals surface area contributed by atoms with Gasteiger partial charge in [0.25, 0.3) is 0 Å². The molecule has 86 heavy (non-hydrogen) atoms. The van der Waals surface area contributed by atoms with E-state index in [2.05, 4.69) is 34.6 Å². The molecule has 5 atom stereocenters. The maximum absolute atomic E-state index is 13.0. The standard InChI is InChI=1S/C67H130O17P2/c1-6-9-12-15-18-21-23-24-25-26-27-28-29-30-33-36-42-47-52-66(71)83-62(56-78-65(70)51-46-41-35-32-22-19-16-13-10-7-2)58-81-85(73,74)79-54-61(68)55-80-86(75,76)82-59-63(84-67(72)53-48-43-38-37-39-44-49-60(4)5)57-77-64(69)50-45-40-34-31-20-17-14-11-8-3/h60-63,68H,6-59H2,1-5H3,(H,73,74)(H,75,76)/t61-,62-,63-/m1/s1. The maximum atomic E-state index is 13.0. The van der Waals surface area contributed by atoms with Gasteiger partial charge in [-0.3, -0.25) is 37.3 Å². The van der Waals surface area contributed by atoms with Crippen LogP contribution in [0.2, 0.25) is 0 Å². The lowest BCUT2D eigenvalue weighted by molar-refractivity contribution is -0.161. The van der Waals surface area contributed by atoms with Gasteiger partial charge in [0, 0.05) is 25.7 Å². The van der Waals surface area contributed by atoms with Gasteiger partial charge in [-0.15, -0.1) is 0 Å². The molecular weight excluding hydrogens is 1140 g/mol. The van der Waals surface area contributed by atoms with E-state index in [1.54, 1.807) is 0 Å². The van der Waals surface area contributed by atoms with Gasteiger partial charge in [-0.1, -0.05) is 291 Å². The Labute approximate surface area is 524 Å². The van der Waals surface area contributed by atoms with Crippen LogP contribution in [0.15, 0.2) is 0 Å². The molecule has 0 aromatic rings. The Bertz CT molecular complexity index is 1670. The zero-order chi connectivity index (χ0) is 63.5. The van der Waals surface area contributed by atoms with E-state index in [0.717, 1.165) is 89.9 Å². The second-order valence-corrected chi connectivity index (χ2v) is 27.6. The van der Waals surface area contributed by atoms with Gasteiger partial charge in [0.15, 0.2) is 12.2 Å². The summed E-state index contributed by atoms with van der Waals surface area (Å²) in [5, 5.41) is 10.5. The van der Waals surface area contributed by atoms with Crippen molar-refractivity contribution in [2.24, 2.45) is 5.92 Å². The van der Waals surface area contributed by atoms with Crippen LogP contribution >= 0.6 is 15.6 Å². The Kier molecular flexibility index (Phi) is 59.2. The van der Waals surface area contributed by atoms with E-state index in [1.165, 1.54) is 167 Å². The normalized spacial score (nSPS) is 14.2. The number of unbranched alkanes of at least 4 members (excludes halogenated alkanes) is 39. The third-order valence-electron chi connectivity index (χ3n) is 15.5. The van der Waals surface area contributed by atoms with Gasteiger partial charge >= 0.3 is 39.5 Å². The molecule has 0 bridgehead atoms. The van der Waals surface area contributed by atoms with Crippen LogP contribution in [0.4, 0.5) is 0 Å².